The van der Waals surface area contributed by atoms with Crippen LogP contribution >= 0.6 is 42.9 Å². The third-order valence-corrected chi connectivity index (χ3v) is 36.3. The minimum atomic E-state index is -1.95. The van der Waals surface area contributed by atoms with Crippen LogP contribution in [0.5, 0.6) is 0 Å². The summed E-state index contributed by atoms with van der Waals surface area (Å²) < 4.78 is 51.1. The van der Waals surface area contributed by atoms with Crippen LogP contribution in [-0.2, 0) is 59.4 Å². The molecule has 11 rings (SSSR count). The van der Waals surface area contributed by atoms with Gasteiger partial charge in [-0.2, -0.15) is 47.4 Å². The lowest BCUT2D eigenvalue weighted by Gasteiger charge is -2.36. The molecule has 117 heavy (non-hydrogen) atoms. The Hall–Kier alpha value is -7.36. The molecule has 2 aromatic carbocycles. The zero-order chi connectivity index (χ0) is 84.8. The number of fused-ring (bicyclic) bond motifs is 2. The molecule has 0 spiro atoms. The molecule has 2 atom stereocenters. The van der Waals surface area contributed by atoms with Crippen molar-refractivity contribution in [1.82, 2.24) is 69.7 Å². The van der Waals surface area contributed by atoms with Crippen molar-refractivity contribution in [3.8, 4) is 45.4 Å². The van der Waals surface area contributed by atoms with Gasteiger partial charge in [0.05, 0.1) is 99.8 Å². The molecule has 0 unspecified atom stereocenters. The Morgan fingerprint density at radius 2 is 0.940 bits per heavy atom. The molecule has 23 nitrogen and oxygen atoms in total. The summed E-state index contributed by atoms with van der Waals surface area (Å²) in [5.41, 5.74) is 9.32. The number of alkyl carbamates (subject to hydrolysis) is 2. The van der Waals surface area contributed by atoms with E-state index in [9.17, 15) is 9.59 Å². The van der Waals surface area contributed by atoms with Gasteiger partial charge in [0.15, 0.2) is 36.6 Å². The van der Waals surface area contributed by atoms with E-state index in [1.54, 1.807) is 9.36 Å². The van der Waals surface area contributed by atoms with Crippen molar-refractivity contribution in [1.29, 1.82) is 0 Å². The highest BCUT2D eigenvalue weighted by Crippen LogP contribution is 2.42. The average molecular weight is 1760 g/mol. The van der Waals surface area contributed by atoms with Crippen LogP contribution in [0.15, 0.2) is 139 Å². The highest BCUT2D eigenvalue weighted by atomic mass is 79.9. The molecule has 0 bridgehead atoms. The van der Waals surface area contributed by atoms with E-state index in [2.05, 4.69) is 197 Å². The Labute approximate surface area is 721 Å². The van der Waals surface area contributed by atoms with Gasteiger partial charge in [-0.3, -0.25) is 14.3 Å². The first kappa shape index (κ1) is 96.8. The Balaban J connectivity index is 0.000000251. The minimum absolute atomic E-state index is 0. The number of unbranched alkanes of at least 4 members (excludes halogenated alkanes) is 1. The molecular formula is C87H130BBrN14O9S2Si3. The number of hydrogen-bond acceptors (Lipinski definition) is 17. The highest BCUT2D eigenvalue weighted by Gasteiger charge is 2.52. The van der Waals surface area contributed by atoms with E-state index in [0.717, 1.165) is 126 Å². The molecule has 1 saturated heterocycles. The first-order valence-corrected chi connectivity index (χ1v) is 49.7. The fourth-order valence-electron chi connectivity index (χ4n) is 11.9. The van der Waals surface area contributed by atoms with Gasteiger partial charge in [-0.15, -0.1) is 0 Å². The molecule has 1 aliphatic heterocycles. The summed E-state index contributed by atoms with van der Waals surface area (Å²) in [6, 6.07) is 35.5. The summed E-state index contributed by atoms with van der Waals surface area (Å²) in [5.74, 6) is 1.44. The van der Waals surface area contributed by atoms with Crippen molar-refractivity contribution >= 4 is 114 Å². The fourth-order valence-corrected chi connectivity index (χ4v) is 15.2. The third-order valence-electron chi connectivity index (χ3n) is 22.3. The molecule has 0 radical (unpaired) electrons. The number of aryl methyl sites for hydroxylation is 2. The molecule has 2 N–H and O–H groups in total. The summed E-state index contributed by atoms with van der Waals surface area (Å²) in [7, 11) is -2.30. The van der Waals surface area contributed by atoms with Crippen molar-refractivity contribution in [2.24, 2.45) is 14.1 Å². The molecule has 9 heterocycles. The topological polar surface area (TPSA) is 246 Å². The monoisotopic (exact) mass is 1750 g/mol. The summed E-state index contributed by atoms with van der Waals surface area (Å²) >= 11 is 3.40. The van der Waals surface area contributed by atoms with Crippen LogP contribution in [-0.4, -0.2) is 132 Å². The minimum Gasteiger partial charge on any atom is -0.444 e. The van der Waals surface area contributed by atoms with Crippen LogP contribution in [0.3, 0.4) is 0 Å². The van der Waals surface area contributed by atoms with Crippen LogP contribution in [0, 0.1) is 0 Å². The number of halogens is 1. The number of ether oxygens (including phenoxy) is 2. The lowest BCUT2D eigenvalue weighted by Crippen LogP contribution is -2.41. The molecule has 1 aliphatic rings. The largest absolute Gasteiger partial charge is 0.494 e. The van der Waals surface area contributed by atoms with Gasteiger partial charge in [0, 0.05) is 60.6 Å². The van der Waals surface area contributed by atoms with E-state index in [0.29, 0.717) is 25.6 Å². The standard InChI is InChI=1S/C38H51N7O3Si.C29H40BN5O3Si.C20H35BrN2O3Si.2H2S/c1-11-12-16-33(42-36(46)48-37(2,3)4)32-18-14-17-30(41-32)26-22-28(31-20-21-44(8)43-31)29-24-39-45(34(29)23-26)35-19-13-15-27(40-35)25-47-49(9,10)38(5,6)7;1-27(2,3)39(9,10)36-19-21-12-11-13-26(32-21)35-25-17-20(30-37-28(4,5)29(6,7)38-30)16-22(23(25)18-31-35)24-14-15-34(8)33-24;1-19(2,3)26-18(24)23-16(15-11-9-13-17(21)22-15)12-10-14-25-27(7,8)20(4,5)6;;/h13-15,17-24,33H,11-12,16,25H2,1-10H3,(H,42,46);11-18H,19H2,1-10H3;9,11,13,16H,10,12,14H2,1-8H3,(H,23,24);2*1H2/t33-;;16-;;/m0.0../s1. The zero-order valence-electron chi connectivity index (χ0n) is 74.5. The van der Waals surface area contributed by atoms with E-state index < -0.39 is 66.7 Å². The zero-order valence-corrected chi connectivity index (χ0v) is 81.1. The fraction of sp³-hybridized carbons (Fsp3) is 0.517. The van der Waals surface area contributed by atoms with Crippen molar-refractivity contribution < 1.29 is 41.6 Å². The second-order valence-corrected chi connectivity index (χ2v) is 52.8. The van der Waals surface area contributed by atoms with Crippen LogP contribution < -0.4 is 16.1 Å². The van der Waals surface area contributed by atoms with Gasteiger partial charge in [-0.05, 0) is 243 Å². The smallest absolute Gasteiger partial charge is 0.444 e. The Bertz CT molecular complexity index is 4980. The maximum atomic E-state index is 12.8. The van der Waals surface area contributed by atoms with E-state index >= 15 is 0 Å². The number of benzene rings is 2. The quantitative estimate of drug-likeness (QED) is 0.0324. The number of nitrogens with zero attached hydrogens (tertiary/aromatic N) is 12. The van der Waals surface area contributed by atoms with Gasteiger partial charge in [0.1, 0.15) is 15.8 Å². The second-order valence-electron chi connectivity index (χ2n) is 37.6. The first-order chi connectivity index (χ1) is 53.3. The average Bonchev–Trinajstić information content (AvgIpc) is 1.61. The number of nitrogens with one attached hydrogen (secondary N) is 2. The lowest BCUT2D eigenvalue weighted by molar-refractivity contribution is 0.00578. The summed E-state index contributed by atoms with van der Waals surface area (Å²) in [5, 5.41) is 27.4. The van der Waals surface area contributed by atoms with Crippen LogP contribution in [0.4, 0.5) is 9.59 Å². The molecule has 0 saturated carbocycles. The number of carbonyl (C=O) groups is 2. The highest BCUT2D eigenvalue weighted by molar-refractivity contribution is 9.10. The van der Waals surface area contributed by atoms with Gasteiger partial charge >= 0.3 is 19.3 Å². The number of rotatable bonds is 24. The molecule has 0 aliphatic carbocycles. The van der Waals surface area contributed by atoms with Gasteiger partial charge in [-0.25, -0.2) is 33.9 Å². The van der Waals surface area contributed by atoms with E-state index in [4.69, 9.17) is 62.3 Å². The molecular weight excluding hydrogens is 1620 g/mol. The Morgan fingerprint density at radius 1 is 0.521 bits per heavy atom. The predicted molar refractivity (Wildman–Crippen MR) is 494 cm³/mol. The van der Waals surface area contributed by atoms with E-state index in [-0.39, 0.29) is 54.2 Å². The van der Waals surface area contributed by atoms with Crippen LogP contribution in [0.2, 0.25) is 54.4 Å². The van der Waals surface area contributed by atoms with Crippen molar-refractivity contribution in [3.63, 3.8) is 0 Å². The summed E-state index contributed by atoms with van der Waals surface area (Å²) in [4.78, 5) is 44.6. The lowest BCUT2D eigenvalue weighted by atomic mass is 9.77. The third kappa shape index (κ3) is 25.4. The van der Waals surface area contributed by atoms with Crippen molar-refractivity contribution in [2.45, 2.75) is 273 Å². The number of hydrogen-bond donors (Lipinski definition) is 2. The SMILES string of the molecule is CC(C)(C)OC(=O)N[C@@H](CCCO[Si](C)(C)C(C)(C)C)c1cccc(Br)n1.CCCC[C@H](NC(=O)OC(C)(C)C)c1cccc(-c2cc(-c3ccn(C)n3)c3cnn(-c4cccc(CO[Si](C)(C)C(C)(C)C)n4)c3c2)n1.Cn1ccc(-c2cc(B3OC(C)(C)C(C)(C)O3)cc3c2cnn3-c2cccc(CO[Si](C)(C)C(C)(C)C)n2)n1.S.S. The molecule has 30 heteroatoms. The molecule has 8 aromatic heterocycles. The van der Waals surface area contributed by atoms with Crippen LogP contribution in [0.25, 0.3) is 67.2 Å². The van der Waals surface area contributed by atoms with Gasteiger partial charge in [0.25, 0.3) is 0 Å². The van der Waals surface area contributed by atoms with Crippen molar-refractivity contribution in [3.05, 3.63) is 161 Å². The number of pyridine rings is 4. The predicted octanol–water partition coefficient (Wildman–Crippen LogP) is 21.2. The maximum absolute atomic E-state index is 12.8. The number of amides is 2. The van der Waals surface area contributed by atoms with Crippen LogP contribution in [0.1, 0.15) is 205 Å². The molecule has 636 valence electrons. The Morgan fingerprint density at radius 3 is 1.37 bits per heavy atom. The molecule has 1 fully saturated rings. The van der Waals surface area contributed by atoms with E-state index in [1.165, 1.54) is 0 Å². The van der Waals surface area contributed by atoms with E-state index in [1.807, 2.05) is 175 Å². The van der Waals surface area contributed by atoms with Gasteiger partial charge in [-0.1, -0.05) is 112 Å². The summed E-state index contributed by atoms with van der Waals surface area (Å²) in [6.07, 6.45) is 11.0. The first-order valence-electron chi connectivity index (χ1n) is 40.2. The maximum Gasteiger partial charge on any atom is 0.494 e. The summed E-state index contributed by atoms with van der Waals surface area (Å²) in [6.45, 7) is 56.8. The molecule has 2 amide bonds. The van der Waals surface area contributed by atoms with Gasteiger partial charge < -0.3 is 42.7 Å². The normalized spacial score (nSPS) is 14.5. The number of carbonyl (C=O) groups excluding carboxylic acids is 2. The van der Waals surface area contributed by atoms with Gasteiger partial charge in [0.2, 0.25) is 0 Å². The molecule has 10 aromatic rings. The second kappa shape index (κ2) is 38.6. The number of aromatic nitrogens is 12. The Kier molecular flexibility index (Phi) is 31.9. The van der Waals surface area contributed by atoms with Crippen molar-refractivity contribution in [2.75, 3.05) is 6.61 Å².